The van der Waals surface area contributed by atoms with Gasteiger partial charge in [-0.05, 0) is 99.2 Å². The second kappa shape index (κ2) is 8.83. The third kappa shape index (κ3) is 4.58. The Kier molecular flexibility index (Phi) is 6.52. The van der Waals surface area contributed by atoms with Crippen molar-refractivity contribution in [2.75, 3.05) is 12.0 Å². The number of hydrogen-bond acceptors (Lipinski definition) is 4. The van der Waals surface area contributed by atoms with Crippen molar-refractivity contribution >= 4 is 27.7 Å². The van der Waals surface area contributed by atoms with Gasteiger partial charge in [0.15, 0.2) is 0 Å². The molecule has 0 saturated heterocycles. The molecule has 1 aromatic rings. The van der Waals surface area contributed by atoms with Crippen molar-refractivity contribution in [3.63, 3.8) is 0 Å². The van der Waals surface area contributed by atoms with Gasteiger partial charge in [0.25, 0.3) is 0 Å². The van der Waals surface area contributed by atoms with Crippen LogP contribution in [0.3, 0.4) is 0 Å². The molecule has 4 aliphatic rings. The summed E-state index contributed by atoms with van der Waals surface area (Å²) in [6.07, 6.45) is 10.2. The van der Waals surface area contributed by atoms with E-state index in [0.29, 0.717) is 6.42 Å². The third-order valence-corrected chi connectivity index (χ3v) is 9.77. The highest BCUT2D eigenvalue weighted by molar-refractivity contribution is 7.98. The maximum Gasteiger partial charge on any atom is 0.241 e. The number of benzene rings is 1. The van der Waals surface area contributed by atoms with Crippen LogP contribution in [0.5, 0.6) is 0 Å². The summed E-state index contributed by atoms with van der Waals surface area (Å²) >= 11 is 1.62. The summed E-state index contributed by atoms with van der Waals surface area (Å²) in [6, 6.07) is 7.62. The lowest BCUT2D eigenvalue weighted by Gasteiger charge is -2.59. The molecule has 1 aromatic carbocycles. The molecule has 5 nitrogen and oxygen atoms in total. The molecule has 4 saturated carbocycles. The Hall–Kier alpha value is -1.05. The Morgan fingerprint density at radius 2 is 1.67 bits per heavy atom. The fraction of sp³-hybridized carbons (Fsp3) is 0.696. The number of sulfonamides is 1. The molecule has 30 heavy (non-hydrogen) atoms. The van der Waals surface area contributed by atoms with Crippen molar-refractivity contribution in [2.45, 2.75) is 68.8 Å². The first-order valence-electron chi connectivity index (χ1n) is 11.2. The lowest BCUT2D eigenvalue weighted by Crippen LogP contribution is -2.58. The van der Waals surface area contributed by atoms with E-state index in [9.17, 15) is 13.2 Å². The number of amides is 1. The average molecular weight is 451 g/mol. The molecule has 2 atom stereocenters. The molecule has 2 N–H and O–H groups in total. The van der Waals surface area contributed by atoms with E-state index >= 15 is 0 Å². The van der Waals surface area contributed by atoms with Crippen LogP contribution in [-0.4, -0.2) is 38.4 Å². The molecule has 5 rings (SSSR count). The molecular formula is C23H34N2O3S2. The third-order valence-electron chi connectivity index (χ3n) is 7.64. The van der Waals surface area contributed by atoms with E-state index in [-0.39, 0.29) is 22.3 Å². The first-order valence-corrected chi connectivity index (χ1v) is 14.1. The number of carbonyl (C=O) groups excluding carboxylic acids is 1. The van der Waals surface area contributed by atoms with Gasteiger partial charge >= 0.3 is 0 Å². The molecule has 0 heterocycles. The van der Waals surface area contributed by atoms with Crippen LogP contribution in [-0.2, 0) is 14.8 Å². The standard InChI is InChI=1S/C23H34N2O3S2/c1-16(23-13-17-10-18(14-23)12-19(11-17)15-23)24-22(26)21(8-9-29-2)25-30(27,28)20-6-4-3-5-7-20/h3-7,16-19,21,25H,8-15H2,1-2H3,(H,24,26). The summed E-state index contributed by atoms with van der Waals surface area (Å²) in [5.41, 5.74) is 0.201. The molecule has 7 heteroatoms. The minimum atomic E-state index is -3.74. The highest BCUT2D eigenvalue weighted by atomic mass is 32.2. The second-order valence-electron chi connectivity index (χ2n) is 9.78. The SMILES string of the molecule is CSCCC(NS(=O)(=O)c1ccccc1)C(=O)NC(C)C12CC3CC(CC(C3)C1)C2. The summed E-state index contributed by atoms with van der Waals surface area (Å²) in [5, 5.41) is 3.24. The van der Waals surface area contributed by atoms with E-state index in [4.69, 9.17) is 0 Å². The van der Waals surface area contributed by atoms with Crippen LogP contribution >= 0.6 is 11.8 Å². The Bertz CT molecular complexity index is 821. The Morgan fingerprint density at radius 3 is 2.20 bits per heavy atom. The van der Waals surface area contributed by atoms with Crippen LogP contribution in [0, 0.1) is 23.2 Å². The van der Waals surface area contributed by atoms with Crippen molar-refractivity contribution in [3.8, 4) is 0 Å². The number of rotatable bonds is 9. The minimum absolute atomic E-state index is 0.0800. The zero-order valence-electron chi connectivity index (χ0n) is 18.0. The van der Waals surface area contributed by atoms with Gasteiger partial charge in [-0.25, -0.2) is 8.42 Å². The Labute approximate surface area is 185 Å². The van der Waals surface area contributed by atoms with Crippen molar-refractivity contribution in [1.29, 1.82) is 0 Å². The predicted octanol–water partition coefficient (Wildman–Crippen LogP) is 3.81. The Balaban J connectivity index is 1.46. The maximum atomic E-state index is 13.2. The molecule has 4 bridgehead atoms. The first kappa shape index (κ1) is 22.2. The molecule has 0 spiro atoms. The van der Waals surface area contributed by atoms with E-state index in [2.05, 4.69) is 17.0 Å². The van der Waals surface area contributed by atoms with Gasteiger partial charge in [-0.1, -0.05) is 18.2 Å². The second-order valence-corrected chi connectivity index (χ2v) is 12.5. The van der Waals surface area contributed by atoms with E-state index in [0.717, 1.165) is 23.5 Å². The van der Waals surface area contributed by atoms with E-state index < -0.39 is 16.1 Å². The zero-order valence-corrected chi connectivity index (χ0v) is 19.6. The molecule has 2 unspecified atom stereocenters. The van der Waals surface area contributed by atoms with Gasteiger partial charge in [-0.15, -0.1) is 0 Å². The van der Waals surface area contributed by atoms with Crippen LogP contribution in [0.15, 0.2) is 35.2 Å². The Morgan fingerprint density at radius 1 is 1.10 bits per heavy atom. The summed E-state index contributed by atoms with van der Waals surface area (Å²) in [5.74, 6) is 2.99. The summed E-state index contributed by atoms with van der Waals surface area (Å²) < 4.78 is 28.3. The fourth-order valence-electron chi connectivity index (χ4n) is 6.51. The van der Waals surface area contributed by atoms with Gasteiger partial charge in [0.05, 0.1) is 4.90 Å². The first-order chi connectivity index (χ1) is 14.3. The van der Waals surface area contributed by atoms with Crippen LogP contribution in [0.1, 0.15) is 51.9 Å². The van der Waals surface area contributed by atoms with Crippen LogP contribution < -0.4 is 10.0 Å². The zero-order chi connectivity index (χ0) is 21.4. The quantitative estimate of drug-likeness (QED) is 0.600. The molecule has 0 radical (unpaired) electrons. The van der Waals surface area contributed by atoms with Crippen LogP contribution in [0.25, 0.3) is 0 Å². The topological polar surface area (TPSA) is 75.3 Å². The highest BCUT2D eigenvalue weighted by Gasteiger charge is 2.53. The summed E-state index contributed by atoms with van der Waals surface area (Å²) in [7, 11) is -3.74. The number of nitrogens with one attached hydrogen (secondary N) is 2. The van der Waals surface area contributed by atoms with Crippen LogP contribution in [0.2, 0.25) is 0 Å². The normalized spacial score (nSPS) is 32.0. The lowest BCUT2D eigenvalue weighted by atomic mass is 9.48. The van der Waals surface area contributed by atoms with E-state index in [1.54, 1.807) is 42.1 Å². The summed E-state index contributed by atoms with van der Waals surface area (Å²) in [4.78, 5) is 13.4. The minimum Gasteiger partial charge on any atom is -0.352 e. The van der Waals surface area contributed by atoms with Gasteiger partial charge in [0.1, 0.15) is 6.04 Å². The lowest BCUT2D eigenvalue weighted by molar-refractivity contribution is -0.127. The summed E-state index contributed by atoms with van der Waals surface area (Å²) in [6.45, 7) is 2.14. The average Bonchev–Trinajstić information content (AvgIpc) is 2.70. The van der Waals surface area contributed by atoms with Crippen molar-refractivity contribution in [3.05, 3.63) is 30.3 Å². The molecule has 0 aliphatic heterocycles. The monoisotopic (exact) mass is 450 g/mol. The van der Waals surface area contributed by atoms with Gasteiger partial charge in [0, 0.05) is 6.04 Å². The predicted molar refractivity (Wildman–Crippen MR) is 122 cm³/mol. The molecule has 1 amide bonds. The van der Waals surface area contributed by atoms with E-state index in [1.807, 2.05) is 6.26 Å². The van der Waals surface area contributed by atoms with Crippen molar-refractivity contribution in [2.24, 2.45) is 23.2 Å². The molecule has 4 fully saturated rings. The molecule has 166 valence electrons. The smallest absolute Gasteiger partial charge is 0.241 e. The fourth-order valence-corrected chi connectivity index (χ4v) is 8.23. The van der Waals surface area contributed by atoms with E-state index in [1.165, 1.54) is 38.5 Å². The number of thioether (sulfide) groups is 1. The molecule has 0 aromatic heterocycles. The largest absolute Gasteiger partial charge is 0.352 e. The molecular weight excluding hydrogens is 416 g/mol. The highest BCUT2D eigenvalue weighted by Crippen LogP contribution is 2.61. The van der Waals surface area contributed by atoms with Gasteiger partial charge in [-0.3, -0.25) is 4.79 Å². The van der Waals surface area contributed by atoms with Crippen molar-refractivity contribution < 1.29 is 13.2 Å². The van der Waals surface area contributed by atoms with Gasteiger partial charge in [0.2, 0.25) is 15.9 Å². The maximum absolute atomic E-state index is 13.2. The number of carbonyl (C=O) groups is 1. The van der Waals surface area contributed by atoms with Crippen LogP contribution in [0.4, 0.5) is 0 Å². The van der Waals surface area contributed by atoms with Gasteiger partial charge < -0.3 is 5.32 Å². The van der Waals surface area contributed by atoms with Crippen molar-refractivity contribution in [1.82, 2.24) is 10.0 Å². The number of hydrogen-bond donors (Lipinski definition) is 2. The van der Waals surface area contributed by atoms with Gasteiger partial charge in [-0.2, -0.15) is 16.5 Å². The molecule has 4 aliphatic carbocycles.